The third kappa shape index (κ3) is 9.65. The van der Waals surface area contributed by atoms with Crippen molar-refractivity contribution in [2.24, 2.45) is 5.92 Å². The van der Waals surface area contributed by atoms with Gasteiger partial charge in [0, 0.05) is 42.9 Å². The molecule has 0 unspecified atom stereocenters. The number of benzene rings is 1. The van der Waals surface area contributed by atoms with Crippen LogP contribution < -0.4 is 24.8 Å². The number of amides is 4. The van der Waals surface area contributed by atoms with Crippen molar-refractivity contribution in [3.63, 3.8) is 0 Å². The Kier molecular flexibility index (Phi) is 12.5. The number of nitrogens with zero attached hydrogens (tertiary/aromatic N) is 3. The number of hydrogen-bond donors (Lipinski definition) is 3. The molecule has 2 saturated carbocycles. The summed E-state index contributed by atoms with van der Waals surface area (Å²) in [5.74, 6) is -0.910. The summed E-state index contributed by atoms with van der Waals surface area (Å²) in [6.07, 6.45) is 9.14. The standard InChI is InChI=1S/C46H64N6O10S/c1-6-34-38-32(33-26-31(14-15-35(33)47-34)60-25-22-51-20-23-59-24-21-51)16-17-45(61-38)28-37-39(53)49-46(41(55)50-63(57,58)44(5)18-19-44)27-30(46)12-10-8-7-9-11-13-36(40(54)52(37)29-45)48-42(56)62-43(2,3)4/h10,12,14-15,26,30,36-37H,6-9,11,13,16-25,27-29H2,1-5H3,(H,48,56)(H,49,53)(H,50,55)/b12-10-/t30-,36+,37+,45-,46-/m1/s1. The number of hydrogen-bond acceptors (Lipinski definition) is 12. The Morgan fingerprint density at radius 2 is 1.84 bits per heavy atom. The number of aromatic nitrogens is 1. The van der Waals surface area contributed by atoms with E-state index in [4.69, 9.17) is 23.9 Å². The molecule has 1 aromatic carbocycles. The largest absolute Gasteiger partial charge is 0.492 e. The molecule has 63 heavy (non-hydrogen) atoms. The number of nitrogens with one attached hydrogen (secondary N) is 3. The molecule has 0 bridgehead atoms. The van der Waals surface area contributed by atoms with Crippen molar-refractivity contribution in [2.75, 3.05) is 46.0 Å². The van der Waals surface area contributed by atoms with Crippen molar-refractivity contribution in [3.8, 4) is 11.5 Å². The number of carbonyl (C=O) groups is 4. The topological polar surface area (TPSA) is 195 Å². The van der Waals surface area contributed by atoms with E-state index in [0.29, 0.717) is 63.7 Å². The third-order valence-corrected chi connectivity index (χ3v) is 15.8. The molecule has 16 nitrogen and oxygen atoms in total. The molecule has 6 aliphatic rings. The maximum atomic E-state index is 14.9. The van der Waals surface area contributed by atoms with E-state index in [2.05, 4.69) is 20.3 Å². The summed E-state index contributed by atoms with van der Waals surface area (Å²) in [5.41, 5.74) is -0.778. The van der Waals surface area contributed by atoms with E-state index in [9.17, 15) is 27.6 Å². The second kappa shape index (κ2) is 17.5. The summed E-state index contributed by atoms with van der Waals surface area (Å²) in [5, 5.41) is 6.71. The molecule has 2 aliphatic carbocycles. The van der Waals surface area contributed by atoms with E-state index >= 15 is 0 Å². The highest BCUT2D eigenvalue weighted by molar-refractivity contribution is 7.91. The summed E-state index contributed by atoms with van der Waals surface area (Å²) in [6, 6.07) is 3.81. The van der Waals surface area contributed by atoms with Crippen molar-refractivity contribution in [2.45, 2.75) is 145 Å². The lowest BCUT2D eigenvalue weighted by atomic mass is 9.87. The lowest BCUT2D eigenvalue weighted by Gasteiger charge is -2.37. The first-order chi connectivity index (χ1) is 29.9. The van der Waals surface area contributed by atoms with Gasteiger partial charge in [-0.15, -0.1) is 0 Å². The molecule has 0 radical (unpaired) electrons. The van der Waals surface area contributed by atoms with Crippen LogP contribution in [0.5, 0.6) is 11.5 Å². The van der Waals surface area contributed by atoms with Crippen LogP contribution in [-0.2, 0) is 46.7 Å². The van der Waals surface area contributed by atoms with Gasteiger partial charge in [-0.05, 0) is 104 Å². The molecule has 4 aliphatic heterocycles. The molecule has 5 heterocycles. The van der Waals surface area contributed by atoms with Crippen LogP contribution in [0, 0.1) is 5.92 Å². The average molecular weight is 893 g/mol. The summed E-state index contributed by atoms with van der Waals surface area (Å²) in [7, 11) is -4.01. The first kappa shape index (κ1) is 45.1. The lowest BCUT2D eigenvalue weighted by molar-refractivity contribution is -0.141. The number of alkyl carbamates (subject to hydrolysis) is 1. The van der Waals surface area contributed by atoms with Crippen molar-refractivity contribution < 1.29 is 46.5 Å². The molecule has 1 aromatic heterocycles. The molecule has 344 valence electrons. The van der Waals surface area contributed by atoms with Crippen LogP contribution >= 0.6 is 0 Å². The molecule has 2 saturated heterocycles. The van der Waals surface area contributed by atoms with Gasteiger partial charge in [0.05, 0.1) is 35.7 Å². The van der Waals surface area contributed by atoms with Crippen LogP contribution in [0.3, 0.4) is 0 Å². The van der Waals surface area contributed by atoms with Gasteiger partial charge in [0.15, 0.2) is 0 Å². The Morgan fingerprint density at radius 1 is 1.06 bits per heavy atom. The maximum absolute atomic E-state index is 14.9. The first-order valence-corrected chi connectivity index (χ1v) is 24.3. The van der Waals surface area contributed by atoms with Gasteiger partial charge in [-0.3, -0.25) is 24.0 Å². The Labute approximate surface area is 370 Å². The van der Waals surface area contributed by atoms with Crippen LogP contribution in [0.4, 0.5) is 4.79 Å². The number of sulfonamides is 1. The van der Waals surface area contributed by atoms with Gasteiger partial charge in [-0.25, -0.2) is 18.2 Å². The molecule has 8 rings (SSSR count). The maximum Gasteiger partial charge on any atom is 0.408 e. The molecular weight excluding hydrogens is 829 g/mol. The normalized spacial score (nSPS) is 29.2. The minimum atomic E-state index is -4.01. The number of fused-ring (bicyclic) bond motifs is 5. The van der Waals surface area contributed by atoms with Gasteiger partial charge in [-0.1, -0.05) is 31.9 Å². The van der Waals surface area contributed by atoms with Crippen molar-refractivity contribution in [1.29, 1.82) is 0 Å². The second-order valence-electron chi connectivity index (χ2n) is 19.6. The van der Waals surface area contributed by atoms with Gasteiger partial charge in [-0.2, -0.15) is 0 Å². The molecule has 5 atom stereocenters. The highest BCUT2D eigenvalue weighted by atomic mass is 32.2. The van der Waals surface area contributed by atoms with E-state index < -0.39 is 73.3 Å². The van der Waals surface area contributed by atoms with E-state index in [1.807, 2.05) is 37.3 Å². The minimum Gasteiger partial charge on any atom is -0.492 e. The van der Waals surface area contributed by atoms with Crippen molar-refractivity contribution in [1.82, 2.24) is 30.1 Å². The number of ether oxygens (including phenoxy) is 4. The van der Waals surface area contributed by atoms with Crippen LogP contribution in [0.1, 0.15) is 110 Å². The molecule has 17 heteroatoms. The zero-order valence-electron chi connectivity index (χ0n) is 37.4. The van der Waals surface area contributed by atoms with Crippen LogP contribution in [0.25, 0.3) is 10.9 Å². The van der Waals surface area contributed by atoms with Crippen molar-refractivity contribution in [3.05, 3.63) is 41.6 Å². The highest BCUT2D eigenvalue weighted by Gasteiger charge is 2.64. The number of aryl methyl sites for hydroxylation is 2. The van der Waals surface area contributed by atoms with Gasteiger partial charge < -0.3 is 34.5 Å². The molecule has 2 aromatic rings. The Morgan fingerprint density at radius 3 is 2.57 bits per heavy atom. The number of allylic oxidation sites excluding steroid dienone is 1. The third-order valence-electron chi connectivity index (χ3n) is 13.7. The van der Waals surface area contributed by atoms with Gasteiger partial charge >= 0.3 is 6.09 Å². The zero-order valence-corrected chi connectivity index (χ0v) is 38.2. The van der Waals surface area contributed by atoms with Gasteiger partial charge in [0.1, 0.15) is 46.9 Å². The molecule has 1 spiro atoms. The van der Waals surface area contributed by atoms with Crippen LogP contribution in [0.2, 0.25) is 0 Å². The number of morpholine rings is 1. The second-order valence-corrected chi connectivity index (χ2v) is 21.8. The first-order valence-electron chi connectivity index (χ1n) is 22.9. The van der Waals surface area contributed by atoms with E-state index in [1.165, 1.54) is 4.90 Å². The number of carbonyl (C=O) groups excluding carboxylic acids is 4. The van der Waals surface area contributed by atoms with Crippen LogP contribution in [0.15, 0.2) is 30.4 Å². The monoisotopic (exact) mass is 892 g/mol. The Hall–Kier alpha value is -4.48. The summed E-state index contributed by atoms with van der Waals surface area (Å²) in [6.45, 7) is 13.4. The molecular formula is C46H64N6O10S. The summed E-state index contributed by atoms with van der Waals surface area (Å²) >= 11 is 0. The molecule has 4 fully saturated rings. The SMILES string of the molecule is CCc1nc2ccc(OCCN3CCOCC3)cc2c2c1O[C@]1(CC2)C[C@H]2C(=O)N[C@]3(C(=O)NS(=O)(=O)C4(C)CC4)C[C@H]3/C=C\CCCCC[C@H](NC(=O)OC(C)(C)C)C(=O)N2C1. The quantitative estimate of drug-likeness (QED) is 0.300. The zero-order chi connectivity index (χ0) is 44.8. The summed E-state index contributed by atoms with van der Waals surface area (Å²) in [4.78, 5) is 65.9. The fourth-order valence-corrected chi connectivity index (χ4v) is 10.8. The lowest BCUT2D eigenvalue weighted by Crippen LogP contribution is -2.58. The smallest absolute Gasteiger partial charge is 0.408 e. The molecule has 3 N–H and O–H groups in total. The Balaban J connectivity index is 1.10. The summed E-state index contributed by atoms with van der Waals surface area (Å²) < 4.78 is 52.3. The fraction of sp³-hybridized carbons (Fsp3) is 0.674. The molecule has 4 amide bonds. The Bertz CT molecular complexity index is 2250. The fourth-order valence-electron chi connectivity index (χ4n) is 9.47. The van der Waals surface area contributed by atoms with E-state index in [1.54, 1.807) is 27.7 Å². The van der Waals surface area contributed by atoms with Crippen molar-refractivity contribution >= 4 is 44.7 Å². The van der Waals surface area contributed by atoms with Crippen LogP contribution in [-0.4, -0.2) is 127 Å². The average Bonchev–Trinajstić information content (AvgIpc) is 4.13. The van der Waals surface area contributed by atoms with E-state index in [-0.39, 0.29) is 19.4 Å². The predicted molar refractivity (Wildman–Crippen MR) is 235 cm³/mol. The number of rotatable bonds is 9. The number of pyridine rings is 1. The van der Waals surface area contributed by atoms with Gasteiger partial charge in [0.25, 0.3) is 5.91 Å². The highest BCUT2D eigenvalue weighted by Crippen LogP contribution is 2.49. The minimum absolute atomic E-state index is 0.0387. The van der Waals surface area contributed by atoms with E-state index in [0.717, 1.165) is 73.6 Å². The predicted octanol–water partition coefficient (Wildman–Crippen LogP) is 4.46. The van der Waals surface area contributed by atoms with Gasteiger partial charge in [0.2, 0.25) is 21.8 Å².